The molecule has 1 aliphatic heterocycles. The SMILES string of the molecule is Cc1cccc(CCNC(=O)N2C[C@H]3CC[C@H]2C3)n1. The van der Waals surface area contributed by atoms with E-state index < -0.39 is 0 Å². The lowest BCUT2D eigenvalue weighted by Crippen LogP contribution is -2.44. The summed E-state index contributed by atoms with van der Waals surface area (Å²) in [6.45, 7) is 3.62. The van der Waals surface area contributed by atoms with Crippen LogP contribution < -0.4 is 5.32 Å². The molecule has 4 heteroatoms. The summed E-state index contributed by atoms with van der Waals surface area (Å²) in [5.74, 6) is 0.759. The second-order valence-corrected chi connectivity index (χ2v) is 5.74. The number of hydrogen-bond acceptors (Lipinski definition) is 2. The fourth-order valence-corrected chi connectivity index (χ4v) is 3.31. The average Bonchev–Trinajstić information content (AvgIpc) is 3.01. The van der Waals surface area contributed by atoms with Crippen LogP contribution in [0.4, 0.5) is 4.79 Å². The molecule has 3 rings (SSSR count). The van der Waals surface area contributed by atoms with E-state index in [9.17, 15) is 4.79 Å². The number of carbonyl (C=O) groups is 1. The molecule has 2 aliphatic rings. The van der Waals surface area contributed by atoms with Gasteiger partial charge in [0, 0.05) is 36.9 Å². The Morgan fingerprint density at radius 2 is 2.37 bits per heavy atom. The molecule has 2 heterocycles. The van der Waals surface area contributed by atoms with Crippen molar-refractivity contribution in [2.45, 2.75) is 38.6 Å². The first-order valence-electron chi connectivity index (χ1n) is 7.19. The van der Waals surface area contributed by atoms with Gasteiger partial charge in [0.2, 0.25) is 0 Å². The lowest BCUT2D eigenvalue weighted by atomic mass is 10.1. The van der Waals surface area contributed by atoms with Crippen molar-refractivity contribution in [1.82, 2.24) is 15.2 Å². The zero-order valence-electron chi connectivity index (χ0n) is 11.4. The number of aryl methyl sites for hydroxylation is 1. The molecule has 1 N–H and O–H groups in total. The number of rotatable bonds is 3. The van der Waals surface area contributed by atoms with Gasteiger partial charge in [0.1, 0.15) is 0 Å². The highest BCUT2D eigenvalue weighted by atomic mass is 16.2. The van der Waals surface area contributed by atoms with Crippen molar-refractivity contribution in [1.29, 1.82) is 0 Å². The lowest BCUT2D eigenvalue weighted by molar-refractivity contribution is 0.181. The van der Waals surface area contributed by atoms with E-state index in [0.29, 0.717) is 12.6 Å². The Labute approximate surface area is 114 Å². The number of likely N-dealkylation sites (tertiary alicyclic amines) is 1. The quantitative estimate of drug-likeness (QED) is 0.903. The molecule has 1 aromatic heterocycles. The van der Waals surface area contributed by atoms with E-state index in [1.165, 1.54) is 19.3 Å². The van der Waals surface area contributed by atoms with Crippen molar-refractivity contribution in [3.63, 3.8) is 0 Å². The summed E-state index contributed by atoms with van der Waals surface area (Å²) in [5.41, 5.74) is 2.07. The minimum Gasteiger partial charge on any atom is -0.338 e. The van der Waals surface area contributed by atoms with Gasteiger partial charge >= 0.3 is 6.03 Å². The summed E-state index contributed by atoms with van der Waals surface area (Å²) in [6, 6.07) is 6.63. The summed E-state index contributed by atoms with van der Waals surface area (Å²) in [7, 11) is 0. The van der Waals surface area contributed by atoms with Crippen molar-refractivity contribution in [3.8, 4) is 0 Å². The van der Waals surface area contributed by atoms with E-state index in [-0.39, 0.29) is 6.03 Å². The van der Waals surface area contributed by atoms with E-state index in [1.807, 2.05) is 30.0 Å². The topological polar surface area (TPSA) is 45.2 Å². The molecule has 1 aromatic rings. The Kier molecular flexibility index (Phi) is 3.40. The van der Waals surface area contributed by atoms with Gasteiger partial charge in [-0.05, 0) is 44.2 Å². The third kappa shape index (κ3) is 2.72. The molecule has 0 radical (unpaired) electrons. The maximum atomic E-state index is 12.1. The number of amides is 2. The largest absolute Gasteiger partial charge is 0.338 e. The first kappa shape index (κ1) is 12.5. The molecule has 4 nitrogen and oxygen atoms in total. The molecular weight excluding hydrogens is 238 g/mol. The molecule has 1 saturated heterocycles. The van der Waals surface area contributed by atoms with Crippen LogP contribution in [0.25, 0.3) is 0 Å². The number of hydrogen-bond donors (Lipinski definition) is 1. The monoisotopic (exact) mass is 259 g/mol. The van der Waals surface area contributed by atoms with Crippen molar-refractivity contribution >= 4 is 6.03 Å². The average molecular weight is 259 g/mol. The number of urea groups is 1. The van der Waals surface area contributed by atoms with Gasteiger partial charge in [0.25, 0.3) is 0 Å². The van der Waals surface area contributed by atoms with Gasteiger partial charge in [-0.1, -0.05) is 6.07 Å². The first-order valence-corrected chi connectivity index (χ1v) is 7.19. The number of piperidine rings is 1. The van der Waals surface area contributed by atoms with Gasteiger partial charge in [-0.25, -0.2) is 4.79 Å². The van der Waals surface area contributed by atoms with Crippen molar-refractivity contribution < 1.29 is 4.79 Å². The Morgan fingerprint density at radius 3 is 3.05 bits per heavy atom. The molecule has 2 amide bonds. The molecular formula is C15H21N3O. The predicted molar refractivity (Wildman–Crippen MR) is 73.9 cm³/mol. The van der Waals surface area contributed by atoms with Gasteiger partial charge < -0.3 is 10.2 Å². The van der Waals surface area contributed by atoms with E-state index in [1.54, 1.807) is 0 Å². The molecule has 2 bridgehead atoms. The third-order valence-corrected chi connectivity index (χ3v) is 4.27. The van der Waals surface area contributed by atoms with E-state index in [4.69, 9.17) is 0 Å². The zero-order valence-corrected chi connectivity index (χ0v) is 11.4. The number of nitrogens with zero attached hydrogens (tertiary/aromatic N) is 2. The van der Waals surface area contributed by atoms with Crippen LogP contribution >= 0.6 is 0 Å². The van der Waals surface area contributed by atoms with Crippen LogP contribution in [0.1, 0.15) is 30.7 Å². The van der Waals surface area contributed by atoms with Gasteiger partial charge in [-0.15, -0.1) is 0 Å². The molecule has 1 aliphatic carbocycles. The maximum absolute atomic E-state index is 12.1. The molecule has 2 fully saturated rings. The van der Waals surface area contributed by atoms with Crippen LogP contribution in [0.15, 0.2) is 18.2 Å². The predicted octanol–water partition coefficient (Wildman–Crippen LogP) is 2.13. The smallest absolute Gasteiger partial charge is 0.317 e. The van der Waals surface area contributed by atoms with Crippen molar-refractivity contribution in [2.24, 2.45) is 5.92 Å². The molecule has 0 spiro atoms. The van der Waals surface area contributed by atoms with E-state index in [2.05, 4.69) is 10.3 Å². The van der Waals surface area contributed by atoms with E-state index >= 15 is 0 Å². The fourth-order valence-electron chi connectivity index (χ4n) is 3.31. The normalized spacial score (nSPS) is 24.8. The Bertz CT molecular complexity index is 474. The molecule has 2 atom stereocenters. The second kappa shape index (κ2) is 5.19. The highest BCUT2D eigenvalue weighted by Crippen LogP contribution is 2.37. The highest BCUT2D eigenvalue weighted by molar-refractivity contribution is 5.75. The fraction of sp³-hybridized carbons (Fsp3) is 0.600. The number of pyridine rings is 1. The number of fused-ring (bicyclic) bond motifs is 2. The number of carbonyl (C=O) groups excluding carboxylic acids is 1. The van der Waals surface area contributed by atoms with Gasteiger partial charge in [-0.2, -0.15) is 0 Å². The van der Waals surface area contributed by atoms with Gasteiger partial charge in [-0.3, -0.25) is 4.98 Å². The first-order chi connectivity index (χ1) is 9.22. The van der Waals surface area contributed by atoms with Crippen LogP contribution in [0, 0.1) is 12.8 Å². The molecule has 19 heavy (non-hydrogen) atoms. The summed E-state index contributed by atoms with van der Waals surface area (Å²) in [5, 5.41) is 3.02. The zero-order chi connectivity index (χ0) is 13.2. The lowest BCUT2D eigenvalue weighted by Gasteiger charge is -2.27. The highest BCUT2D eigenvalue weighted by Gasteiger charge is 2.39. The van der Waals surface area contributed by atoms with E-state index in [0.717, 1.165) is 30.3 Å². The van der Waals surface area contributed by atoms with Crippen LogP contribution in [-0.2, 0) is 6.42 Å². The summed E-state index contributed by atoms with van der Waals surface area (Å²) in [4.78, 5) is 18.6. The Morgan fingerprint density at radius 1 is 1.47 bits per heavy atom. The summed E-state index contributed by atoms with van der Waals surface area (Å²) < 4.78 is 0. The van der Waals surface area contributed by atoms with Gasteiger partial charge in [0.15, 0.2) is 0 Å². The second-order valence-electron chi connectivity index (χ2n) is 5.74. The minimum absolute atomic E-state index is 0.111. The Hall–Kier alpha value is -1.58. The molecule has 102 valence electrons. The molecule has 0 unspecified atom stereocenters. The Balaban J connectivity index is 1.46. The molecule has 1 saturated carbocycles. The standard InChI is InChI=1S/C15H21N3O/c1-11-3-2-4-13(17-11)7-8-16-15(19)18-10-12-5-6-14(18)9-12/h2-4,12,14H,5-10H2,1H3,(H,16,19)/t12-,14-/m0/s1. The summed E-state index contributed by atoms with van der Waals surface area (Å²) in [6.07, 6.45) is 4.52. The van der Waals surface area contributed by atoms with Crippen LogP contribution in [-0.4, -0.2) is 35.0 Å². The number of aromatic nitrogens is 1. The van der Waals surface area contributed by atoms with Crippen LogP contribution in [0.2, 0.25) is 0 Å². The number of nitrogens with one attached hydrogen (secondary N) is 1. The van der Waals surface area contributed by atoms with Crippen molar-refractivity contribution in [3.05, 3.63) is 29.6 Å². The van der Waals surface area contributed by atoms with Crippen LogP contribution in [0.3, 0.4) is 0 Å². The van der Waals surface area contributed by atoms with Crippen LogP contribution in [0.5, 0.6) is 0 Å². The summed E-state index contributed by atoms with van der Waals surface area (Å²) >= 11 is 0. The minimum atomic E-state index is 0.111. The van der Waals surface area contributed by atoms with Gasteiger partial charge in [0.05, 0.1) is 0 Å². The molecule has 0 aromatic carbocycles. The maximum Gasteiger partial charge on any atom is 0.317 e. The third-order valence-electron chi connectivity index (χ3n) is 4.27. The van der Waals surface area contributed by atoms with Crippen molar-refractivity contribution in [2.75, 3.05) is 13.1 Å².